The minimum Gasteiger partial charge on any atom is -0.361 e. The van der Waals surface area contributed by atoms with E-state index in [2.05, 4.69) is 29.4 Å². The fourth-order valence-corrected chi connectivity index (χ4v) is 2.31. The number of anilines is 1. The molecule has 1 N–H and O–H groups in total. The molecule has 4 nitrogen and oxygen atoms in total. The van der Waals surface area contributed by atoms with Gasteiger partial charge in [-0.1, -0.05) is 31.2 Å². The van der Waals surface area contributed by atoms with Crippen LogP contribution in [-0.2, 0) is 18.5 Å². The molecule has 0 bridgehead atoms. The monoisotopic (exact) mass is 285 g/mol. The Kier molecular flexibility index (Phi) is 4.46. The van der Waals surface area contributed by atoms with Crippen LogP contribution in [0.5, 0.6) is 0 Å². The Balaban J connectivity index is 2.23. The molecular weight excluding hydrogens is 262 g/mol. The van der Waals surface area contributed by atoms with Crippen LogP contribution in [0.15, 0.2) is 41.5 Å². The van der Waals surface area contributed by atoms with Gasteiger partial charge in [-0.2, -0.15) is 0 Å². The first kappa shape index (κ1) is 15.3. The molecule has 0 aliphatic heterocycles. The van der Waals surface area contributed by atoms with Gasteiger partial charge in [0.2, 0.25) is 0 Å². The first-order valence-electron chi connectivity index (χ1n) is 7.32. The van der Waals surface area contributed by atoms with Gasteiger partial charge in [0.1, 0.15) is 0 Å². The maximum absolute atomic E-state index is 12.4. The number of aromatic nitrogens is 2. The van der Waals surface area contributed by atoms with Crippen molar-refractivity contribution >= 4 is 5.82 Å². The van der Waals surface area contributed by atoms with E-state index in [4.69, 9.17) is 0 Å². The van der Waals surface area contributed by atoms with Crippen molar-refractivity contribution in [1.29, 1.82) is 0 Å². The maximum Gasteiger partial charge on any atom is 0.293 e. The minimum atomic E-state index is -0.252. The molecular formula is C17H23N3O. The van der Waals surface area contributed by atoms with Crippen molar-refractivity contribution in [2.24, 2.45) is 0 Å². The average Bonchev–Trinajstić information content (AvgIpc) is 2.45. The van der Waals surface area contributed by atoms with Gasteiger partial charge in [-0.05, 0) is 38.3 Å². The van der Waals surface area contributed by atoms with Gasteiger partial charge < -0.3 is 9.88 Å². The smallest absolute Gasteiger partial charge is 0.293 e. The molecule has 4 heteroatoms. The van der Waals surface area contributed by atoms with Gasteiger partial charge in [0, 0.05) is 24.5 Å². The molecule has 0 amide bonds. The standard InChI is InChI=1S/C17H23N3O/c1-5-13-8-6-7-9-14(13)12-19-15-16(21)20(11-10-18-15)17(2,3)4/h6-11H,5,12H2,1-4H3,(H,18,19). The van der Waals surface area contributed by atoms with E-state index < -0.39 is 0 Å². The average molecular weight is 285 g/mol. The summed E-state index contributed by atoms with van der Waals surface area (Å²) in [5.74, 6) is 0.401. The molecule has 2 aromatic rings. The first-order chi connectivity index (χ1) is 9.93. The highest BCUT2D eigenvalue weighted by atomic mass is 16.1. The zero-order valence-electron chi connectivity index (χ0n) is 13.2. The quantitative estimate of drug-likeness (QED) is 0.938. The van der Waals surface area contributed by atoms with E-state index >= 15 is 0 Å². The minimum absolute atomic E-state index is 0.0843. The zero-order chi connectivity index (χ0) is 15.5. The van der Waals surface area contributed by atoms with Crippen molar-refractivity contribution in [2.75, 3.05) is 5.32 Å². The number of benzene rings is 1. The summed E-state index contributed by atoms with van der Waals surface area (Å²) in [4.78, 5) is 16.6. The van der Waals surface area contributed by atoms with Crippen molar-refractivity contribution in [3.8, 4) is 0 Å². The molecule has 0 aliphatic carbocycles. The van der Waals surface area contributed by atoms with Crippen LogP contribution in [0.4, 0.5) is 5.82 Å². The Hall–Kier alpha value is -2.10. The van der Waals surface area contributed by atoms with E-state index in [1.807, 2.05) is 32.9 Å². The highest BCUT2D eigenvalue weighted by Gasteiger charge is 2.16. The van der Waals surface area contributed by atoms with Crippen LogP contribution in [-0.4, -0.2) is 9.55 Å². The second-order valence-electron chi connectivity index (χ2n) is 6.10. The molecule has 1 aromatic carbocycles. The van der Waals surface area contributed by atoms with E-state index in [1.165, 1.54) is 11.1 Å². The summed E-state index contributed by atoms with van der Waals surface area (Å²) < 4.78 is 1.70. The Bertz CT molecular complexity index is 668. The number of rotatable bonds is 4. The number of nitrogens with zero attached hydrogens (tertiary/aromatic N) is 2. The third-order valence-electron chi connectivity index (χ3n) is 3.51. The van der Waals surface area contributed by atoms with Gasteiger partial charge in [0.05, 0.1) is 0 Å². The van der Waals surface area contributed by atoms with Gasteiger partial charge in [0.25, 0.3) is 5.56 Å². The van der Waals surface area contributed by atoms with Crippen LogP contribution in [0.1, 0.15) is 38.8 Å². The predicted molar refractivity (Wildman–Crippen MR) is 86.6 cm³/mol. The summed E-state index contributed by atoms with van der Waals surface area (Å²) in [5.41, 5.74) is 2.15. The van der Waals surface area contributed by atoms with Crippen molar-refractivity contribution in [3.63, 3.8) is 0 Å². The molecule has 2 rings (SSSR count). The SMILES string of the molecule is CCc1ccccc1CNc1nccn(C(C)(C)C)c1=O. The van der Waals surface area contributed by atoms with E-state index in [0.717, 1.165) is 6.42 Å². The number of aryl methyl sites for hydroxylation is 1. The lowest BCUT2D eigenvalue weighted by molar-refractivity contribution is 0.383. The van der Waals surface area contributed by atoms with Gasteiger partial charge in [0.15, 0.2) is 5.82 Å². The van der Waals surface area contributed by atoms with Crippen LogP contribution in [0.3, 0.4) is 0 Å². The van der Waals surface area contributed by atoms with Gasteiger partial charge >= 0.3 is 0 Å². The lowest BCUT2D eigenvalue weighted by Gasteiger charge is -2.22. The molecule has 0 saturated carbocycles. The molecule has 112 valence electrons. The molecule has 1 heterocycles. The van der Waals surface area contributed by atoms with E-state index in [-0.39, 0.29) is 11.1 Å². The Morgan fingerprint density at radius 2 is 1.86 bits per heavy atom. The summed E-state index contributed by atoms with van der Waals surface area (Å²) in [6.45, 7) is 8.76. The highest BCUT2D eigenvalue weighted by molar-refractivity contribution is 5.35. The van der Waals surface area contributed by atoms with Crippen molar-refractivity contribution < 1.29 is 0 Å². The highest BCUT2D eigenvalue weighted by Crippen LogP contribution is 2.13. The second kappa shape index (κ2) is 6.12. The van der Waals surface area contributed by atoms with Crippen LogP contribution in [0.2, 0.25) is 0 Å². The van der Waals surface area contributed by atoms with Crippen molar-refractivity contribution in [2.45, 2.75) is 46.2 Å². The van der Waals surface area contributed by atoms with E-state index in [0.29, 0.717) is 12.4 Å². The number of hydrogen-bond acceptors (Lipinski definition) is 3. The molecule has 0 atom stereocenters. The Morgan fingerprint density at radius 1 is 1.19 bits per heavy atom. The first-order valence-corrected chi connectivity index (χ1v) is 7.32. The zero-order valence-corrected chi connectivity index (χ0v) is 13.2. The molecule has 1 aromatic heterocycles. The lowest BCUT2D eigenvalue weighted by atomic mass is 10.1. The lowest BCUT2D eigenvalue weighted by Crippen LogP contribution is -2.35. The Morgan fingerprint density at radius 3 is 2.48 bits per heavy atom. The number of nitrogens with one attached hydrogen (secondary N) is 1. The van der Waals surface area contributed by atoms with Gasteiger partial charge in [-0.25, -0.2) is 4.98 Å². The third-order valence-corrected chi connectivity index (χ3v) is 3.51. The topological polar surface area (TPSA) is 46.9 Å². The number of hydrogen-bond donors (Lipinski definition) is 1. The summed E-state index contributed by atoms with van der Waals surface area (Å²) in [6, 6.07) is 8.25. The molecule has 0 radical (unpaired) electrons. The summed E-state index contributed by atoms with van der Waals surface area (Å²) in [6.07, 6.45) is 4.38. The summed E-state index contributed by atoms with van der Waals surface area (Å²) in [7, 11) is 0. The largest absolute Gasteiger partial charge is 0.361 e. The summed E-state index contributed by atoms with van der Waals surface area (Å²) >= 11 is 0. The molecule has 0 saturated heterocycles. The van der Waals surface area contributed by atoms with Gasteiger partial charge in [-0.15, -0.1) is 0 Å². The summed E-state index contributed by atoms with van der Waals surface area (Å²) in [5, 5.41) is 3.17. The fraction of sp³-hybridized carbons (Fsp3) is 0.412. The molecule has 0 fully saturated rings. The van der Waals surface area contributed by atoms with Crippen LogP contribution >= 0.6 is 0 Å². The van der Waals surface area contributed by atoms with Crippen molar-refractivity contribution in [3.05, 3.63) is 58.1 Å². The van der Waals surface area contributed by atoms with Crippen molar-refractivity contribution in [1.82, 2.24) is 9.55 Å². The van der Waals surface area contributed by atoms with Crippen LogP contribution in [0, 0.1) is 0 Å². The Labute approximate surface area is 125 Å². The van der Waals surface area contributed by atoms with E-state index in [9.17, 15) is 4.79 Å². The van der Waals surface area contributed by atoms with Crippen LogP contribution in [0.25, 0.3) is 0 Å². The molecule has 0 unspecified atom stereocenters. The normalized spacial score (nSPS) is 11.4. The predicted octanol–water partition coefficient (Wildman–Crippen LogP) is 3.17. The molecule has 21 heavy (non-hydrogen) atoms. The second-order valence-corrected chi connectivity index (χ2v) is 6.10. The maximum atomic E-state index is 12.4. The molecule has 0 aliphatic rings. The molecule has 0 spiro atoms. The fourth-order valence-electron chi connectivity index (χ4n) is 2.31. The van der Waals surface area contributed by atoms with E-state index in [1.54, 1.807) is 17.0 Å². The van der Waals surface area contributed by atoms with Crippen LogP contribution < -0.4 is 10.9 Å². The third kappa shape index (κ3) is 3.51. The van der Waals surface area contributed by atoms with Gasteiger partial charge in [-0.3, -0.25) is 4.79 Å².